The Morgan fingerprint density at radius 3 is 2.33 bits per heavy atom. The smallest absolute Gasteiger partial charge is 0.193 e. The molecule has 5 nitrogen and oxygen atoms in total. The molecular formula is C18H32IN3O2. The summed E-state index contributed by atoms with van der Waals surface area (Å²) < 4.78 is 6.05. The fraction of sp³-hybridized carbons (Fsp3) is 0.944. The van der Waals surface area contributed by atoms with Crippen LogP contribution in [0.25, 0.3) is 0 Å². The summed E-state index contributed by atoms with van der Waals surface area (Å²) in [7, 11) is 1.86. The first-order valence-electron chi connectivity index (χ1n) is 9.55. The van der Waals surface area contributed by atoms with Gasteiger partial charge in [0.2, 0.25) is 0 Å². The van der Waals surface area contributed by atoms with Gasteiger partial charge in [-0.05, 0) is 31.6 Å². The number of likely N-dealkylation sites (tertiary alicyclic amines) is 1. The molecule has 4 aliphatic rings. The van der Waals surface area contributed by atoms with E-state index in [1.807, 2.05) is 7.05 Å². The molecule has 4 fully saturated rings. The van der Waals surface area contributed by atoms with Gasteiger partial charge in [-0.1, -0.05) is 19.3 Å². The third kappa shape index (κ3) is 3.56. The second-order valence-electron chi connectivity index (χ2n) is 7.92. The number of ether oxygens (including phenoxy) is 1. The van der Waals surface area contributed by atoms with Gasteiger partial charge < -0.3 is 20.1 Å². The number of fused-ring (bicyclic) bond motifs is 5. The molecule has 3 saturated heterocycles. The zero-order valence-corrected chi connectivity index (χ0v) is 17.0. The number of nitrogens with zero attached hydrogens (tertiary/aromatic N) is 2. The van der Waals surface area contributed by atoms with Gasteiger partial charge in [-0.15, -0.1) is 24.0 Å². The van der Waals surface area contributed by atoms with Crippen molar-refractivity contribution in [2.24, 2.45) is 22.7 Å². The van der Waals surface area contributed by atoms with Crippen LogP contribution in [0.3, 0.4) is 0 Å². The maximum absolute atomic E-state index is 10.5. The average Bonchev–Trinajstić information content (AvgIpc) is 3.29. The summed E-state index contributed by atoms with van der Waals surface area (Å²) in [6.45, 7) is 2.75. The predicted octanol–water partition coefficient (Wildman–Crippen LogP) is 2.23. The number of hydrogen-bond donors (Lipinski definition) is 2. The van der Waals surface area contributed by atoms with Crippen molar-refractivity contribution in [1.29, 1.82) is 0 Å². The van der Waals surface area contributed by atoms with Crippen LogP contribution in [0.1, 0.15) is 44.9 Å². The lowest BCUT2D eigenvalue weighted by Gasteiger charge is -2.29. The average molecular weight is 449 g/mol. The van der Waals surface area contributed by atoms with Gasteiger partial charge in [-0.3, -0.25) is 4.99 Å². The third-order valence-electron chi connectivity index (χ3n) is 6.63. The first-order valence-corrected chi connectivity index (χ1v) is 9.55. The van der Waals surface area contributed by atoms with Crippen molar-refractivity contribution in [2.75, 3.05) is 26.7 Å². The molecule has 24 heavy (non-hydrogen) atoms. The quantitative estimate of drug-likeness (QED) is 0.394. The second-order valence-corrected chi connectivity index (χ2v) is 7.92. The summed E-state index contributed by atoms with van der Waals surface area (Å²) in [5.74, 6) is 2.82. The standard InChI is InChI=1S/C18H31N3O2.HI/c1-19-18(20-9-15(22)12-5-3-2-4-6-12)21-10-13-14(11-21)17-8-7-16(13)23-17;/h12-17,22H,2-11H2,1H3,(H,19,20);1H. The van der Waals surface area contributed by atoms with Gasteiger partial charge in [0.1, 0.15) is 0 Å². The van der Waals surface area contributed by atoms with Crippen molar-refractivity contribution < 1.29 is 9.84 Å². The Balaban J connectivity index is 0.00000169. The van der Waals surface area contributed by atoms with E-state index in [-0.39, 0.29) is 30.1 Å². The number of hydrogen-bond acceptors (Lipinski definition) is 3. The lowest BCUT2D eigenvalue weighted by molar-refractivity contribution is 0.0756. The van der Waals surface area contributed by atoms with E-state index in [1.165, 1.54) is 44.9 Å². The van der Waals surface area contributed by atoms with Gasteiger partial charge in [0.15, 0.2) is 5.96 Å². The van der Waals surface area contributed by atoms with Crippen LogP contribution in [0.2, 0.25) is 0 Å². The number of aliphatic imine (C=N–C) groups is 1. The van der Waals surface area contributed by atoms with Gasteiger partial charge in [0.25, 0.3) is 0 Å². The molecule has 0 aromatic carbocycles. The lowest BCUT2D eigenvalue weighted by Crippen LogP contribution is -2.45. The summed E-state index contributed by atoms with van der Waals surface area (Å²) in [5, 5.41) is 13.9. The van der Waals surface area contributed by atoms with Crippen LogP contribution in [0.15, 0.2) is 4.99 Å². The van der Waals surface area contributed by atoms with Gasteiger partial charge in [0, 0.05) is 38.5 Å². The first kappa shape index (κ1) is 18.7. The van der Waals surface area contributed by atoms with E-state index in [1.54, 1.807) is 0 Å². The van der Waals surface area contributed by atoms with Gasteiger partial charge in [0.05, 0.1) is 18.3 Å². The molecule has 138 valence electrons. The normalized spacial score (nSPS) is 37.2. The fourth-order valence-corrected chi connectivity index (χ4v) is 5.35. The zero-order valence-electron chi connectivity index (χ0n) is 14.7. The monoisotopic (exact) mass is 449 g/mol. The fourth-order valence-electron chi connectivity index (χ4n) is 5.35. The van der Waals surface area contributed by atoms with Crippen LogP contribution in [-0.4, -0.2) is 61.0 Å². The summed E-state index contributed by atoms with van der Waals surface area (Å²) in [5.41, 5.74) is 0. The highest BCUT2D eigenvalue weighted by atomic mass is 127. The van der Waals surface area contributed by atoms with Crippen molar-refractivity contribution >= 4 is 29.9 Å². The topological polar surface area (TPSA) is 57.1 Å². The van der Waals surface area contributed by atoms with Crippen LogP contribution < -0.4 is 5.32 Å². The Bertz CT molecular complexity index is 438. The van der Waals surface area contributed by atoms with Crippen molar-refractivity contribution in [2.45, 2.75) is 63.3 Å². The first-order chi connectivity index (χ1) is 11.3. The van der Waals surface area contributed by atoms with E-state index in [2.05, 4.69) is 15.2 Å². The number of halogens is 1. The molecule has 1 saturated carbocycles. The van der Waals surface area contributed by atoms with Crippen molar-refractivity contribution in [3.05, 3.63) is 0 Å². The molecule has 1 aliphatic carbocycles. The van der Waals surface area contributed by atoms with E-state index >= 15 is 0 Å². The highest BCUT2D eigenvalue weighted by Gasteiger charge is 2.53. The summed E-state index contributed by atoms with van der Waals surface area (Å²) in [4.78, 5) is 6.85. The number of nitrogens with one attached hydrogen (secondary N) is 1. The molecule has 5 unspecified atom stereocenters. The van der Waals surface area contributed by atoms with Crippen LogP contribution in [0, 0.1) is 17.8 Å². The number of rotatable bonds is 3. The zero-order chi connectivity index (χ0) is 15.8. The highest BCUT2D eigenvalue weighted by Crippen LogP contribution is 2.47. The SMILES string of the molecule is CN=C(NCC(O)C1CCCCC1)N1CC2C3CCC(O3)C2C1.I. The minimum atomic E-state index is -0.242. The molecule has 4 rings (SSSR count). The summed E-state index contributed by atoms with van der Waals surface area (Å²) in [6, 6.07) is 0. The molecule has 0 amide bonds. The van der Waals surface area contributed by atoms with Crippen molar-refractivity contribution in [3.63, 3.8) is 0 Å². The summed E-state index contributed by atoms with van der Waals surface area (Å²) in [6.07, 6.45) is 9.45. The van der Waals surface area contributed by atoms with E-state index in [4.69, 9.17) is 4.74 Å². The molecular weight excluding hydrogens is 417 g/mol. The maximum Gasteiger partial charge on any atom is 0.193 e. The number of aliphatic hydroxyl groups excluding tert-OH is 1. The Kier molecular flexibility index (Phi) is 6.30. The van der Waals surface area contributed by atoms with Crippen molar-refractivity contribution in [3.8, 4) is 0 Å². The molecule has 3 aliphatic heterocycles. The molecule has 0 spiro atoms. The molecule has 0 aromatic heterocycles. The van der Waals surface area contributed by atoms with E-state index in [0.717, 1.165) is 19.0 Å². The Labute approximate surface area is 162 Å². The molecule has 2 N–H and O–H groups in total. The molecule has 5 atom stereocenters. The molecule has 2 bridgehead atoms. The Morgan fingerprint density at radius 2 is 1.75 bits per heavy atom. The van der Waals surface area contributed by atoms with E-state index < -0.39 is 0 Å². The molecule has 6 heteroatoms. The second kappa shape index (κ2) is 8.08. The lowest BCUT2D eigenvalue weighted by atomic mass is 9.82. The van der Waals surface area contributed by atoms with E-state index in [0.29, 0.717) is 36.5 Å². The van der Waals surface area contributed by atoms with Crippen LogP contribution in [0.4, 0.5) is 0 Å². The van der Waals surface area contributed by atoms with Crippen LogP contribution in [-0.2, 0) is 4.74 Å². The van der Waals surface area contributed by atoms with Crippen LogP contribution in [0.5, 0.6) is 0 Å². The third-order valence-corrected chi connectivity index (χ3v) is 6.63. The molecule has 0 radical (unpaired) electrons. The van der Waals surface area contributed by atoms with Crippen LogP contribution >= 0.6 is 24.0 Å². The molecule has 0 aromatic rings. The number of aliphatic hydroxyl groups is 1. The Hall–Kier alpha value is -0.0800. The minimum Gasteiger partial charge on any atom is -0.391 e. The summed E-state index contributed by atoms with van der Waals surface area (Å²) >= 11 is 0. The largest absolute Gasteiger partial charge is 0.391 e. The van der Waals surface area contributed by atoms with E-state index in [9.17, 15) is 5.11 Å². The van der Waals surface area contributed by atoms with Gasteiger partial charge in [-0.25, -0.2) is 0 Å². The molecule has 3 heterocycles. The highest BCUT2D eigenvalue weighted by molar-refractivity contribution is 14.0. The van der Waals surface area contributed by atoms with Gasteiger partial charge >= 0.3 is 0 Å². The maximum atomic E-state index is 10.5. The predicted molar refractivity (Wildman–Crippen MR) is 106 cm³/mol. The minimum absolute atomic E-state index is 0. The van der Waals surface area contributed by atoms with Gasteiger partial charge in [-0.2, -0.15) is 0 Å². The van der Waals surface area contributed by atoms with Crippen molar-refractivity contribution in [1.82, 2.24) is 10.2 Å². The Morgan fingerprint density at radius 1 is 1.12 bits per heavy atom. The number of guanidine groups is 1.